The number of anilines is 2. The van der Waals surface area contributed by atoms with Crippen LogP contribution in [0.25, 0.3) is 0 Å². The molecule has 2 saturated carbocycles. The third kappa shape index (κ3) is 5.02. The van der Waals surface area contributed by atoms with E-state index in [0.717, 1.165) is 55.4 Å². The van der Waals surface area contributed by atoms with Crippen molar-refractivity contribution in [3.63, 3.8) is 0 Å². The lowest BCUT2D eigenvalue weighted by atomic mass is 9.88. The van der Waals surface area contributed by atoms with Crippen molar-refractivity contribution in [3.8, 4) is 5.75 Å². The quantitative estimate of drug-likeness (QED) is 0.543. The van der Waals surface area contributed by atoms with Gasteiger partial charge in [0.1, 0.15) is 11.6 Å². The second-order valence-electron chi connectivity index (χ2n) is 10.1. The van der Waals surface area contributed by atoms with Gasteiger partial charge in [-0.05, 0) is 80.7 Å². The van der Waals surface area contributed by atoms with Crippen molar-refractivity contribution < 1.29 is 9.53 Å². The number of benzene rings is 1. The summed E-state index contributed by atoms with van der Waals surface area (Å²) < 4.78 is 5.63. The fourth-order valence-corrected chi connectivity index (χ4v) is 5.58. The van der Waals surface area contributed by atoms with Crippen LogP contribution in [0.2, 0.25) is 0 Å². The Morgan fingerprint density at radius 2 is 1.88 bits per heavy atom. The molecule has 1 aromatic heterocycles. The second kappa shape index (κ2) is 9.74. The predicted octanol–water partition coefficient (Wildman–Crippen LogP) is 5.41. The molecule has 0 radical (unpaired) electrons. The number of pyridine rings is 1. The monoisotopic (exact) mass is 447 g/mol. The molecule has 2 fully saturated rings. The van der Waals surface area contributed by atoms with Crippen LogP contribution in [0.15, 0.2) is 36.5 Å². The second-order valence-corrected chi connectivity index (χ2v) is 10.1. The fourth-order valence-electron chi connectivity index (χ4n) is 5.58. The summed E-state index contributed by atoms with van der Waals surface area (Å²) in [7, 11) is 1.90. The van der Waals surface area contributed by atoms with E-state index in [-0.39, 0.29) is 11.8 Å². The molecule has 3 aliphatic rings. The Bertz CT molecular complexity index is 964. The van der Waals surface area contributed by atoms with Crippen molar-refractivity contribution in [2.24, 2.45) is 11.8 Å². The lowest BCUT2D eigenvalue weighted by molar-refractivity contribution is -0.119. The average molecular weight is 448 g/mol. The third-order valence-electron chi connectivity index (χ3n) is 7.63. The number of aromatic nitrogens is 1. The van der Waals surface area contributed by atoms with Gasteiger partial charge in [-0.3, -0.25) is 4.79 Å². The average Bonchev–Trinajstić information content (AvgIpc) is 3.64. The SMILES string of the molecule is CCOc1ccc(CC2Cc3cc(N(C)C(=O)C4CC4)cnc3N2CC2CCCCC2)cc1. The van der Waals surface area contributed by atoms with E-state index in [1.165, 1.54) is 43.2 Å². The summed E-state index contributed by atoms with van der Waals surface area (Å²) in [6.45, 7) is 3.81. The van der Waals surface area contributed by atoms with E-state index < -0.39 is 0 Å². The zero-order valence-electron chi connectivity index (χ0n) is 20.1. The van der Waals surface area contributed by atoms with Crippen molar-refractivity contribution in [2.75, 3.05) is 30.0 Å². The first-order valence-electron chi connectivity index (χ1n) is 12.9. The number of carbonyl (C=O) groups is 1. The molecule has 33 heavy (non-hydrogen) atoms. The molecular formula is C28H37N3O2. The molecule has 176 valence electrons. The number of carbonyl (C=O) groups excluding carboxylic acids is 1. The van der Waals surface area contributed by atoms with Gasteiger partial charge in [0, 0.05) is 25.6 Å². The number of amides is 1. The Balaban J connectivity index is 1.36. The molecule has 0 bridgehead atoms. The van der Waals surface area contributed by atoms with Gasteiger partial charge < -0.3 is 14.5 Å². The summed E-state index contributed by atoms with van der Waals surface area (Å²) in [5, 5.41) is 0. The highest BCUT2D eigenvalue weighted by atomic mass is 16.5. The van der Waals surface area contributed by atoms with Crippen LogP contribution in [0.3, 0.4) is 0 Å². The first kappa shape index (κ1) is 22.2. The zero-order valence-corrected chi connectivity index (χ0v) is 20.1. The number of nitrogens with zero attached hydrogens (tertiary/aromatic N) is 3. The minimum absolute atomic E-state index is 0.221. The van der Waals surface area contributed by atoms with Crippen molar-refractivity contribution in [2.45, 2.75) is 70.8 Å². The summed E-state index contributed by atoms with van der Waals surface area (Å²) in [5.74, 6) is 3.28. The van der Waals surface area contributed by atoms with Gasteiger partial charge in [-0.25, -0.2) is 4.98 Å². The van der Waals surface area contributed by atoms with Crippen LogP contribution in [0.5, 0.6) is 5.75 Å². The summed E-state index contributed by atoms with van der Waals surface area (Å²) in [4.78, 5) is 21.9. The predicted molar refractivity (Wildman–Crippen MR) is 133 cm³/mol. The molecule has 1 atom stereocenters. The first-order chi connectivity index (χ1) is 16.1. The summed E-state index contributed by atoms with van der Waals surface area (Å²) in [5.41, 5.74) is 3.56. The van der Waals surface area contributed by atoms with Crippen molar-refractivity contribution in [1.29, 1.82) is 0 Å². The van der Waals surface area contributed by atoms with E-state index in [4.69, 9.17) is 9.72 Å². The largest absolute Gasteiger partial charge is 0.494 e. The molecule has 1 aromatic carbocycles. The Morgan fingerprint density at radius 3 is 2.58 bits per heavy atom. The van der Waals surface area contributed by atoms with Gasteiger partial charge in [0.25, 0.3) is 0 Å². The van der Waals surface area contributed by atoms with E-state index in [9.17, 15) is 4.79 Å². The molecule has 5 rings (SSSR count). The minimum atomic E-state index is 0.221. The molecule has 1 amide bonds. The summed E-state index contributed by atoms with van der Waals surface area (Å²) in [6.07, 6.45) is 12.7. The van der Waals surface area contributed by atoms with Gasteiger partial charge in [-0.15, -0.1) is 0 Å². The number of hydrogen-bond acceptors (Lipinski definition) is 4. The van der Waals surface area contributed by atoms with Crippen LogP contribution in [0.1, 0.15) is 63.0 Å². The molecule has 2 heterocycles. The lowest BCUT2D eigenvalue weighted by Crippen LogP contribution is -2.38. The molecule has 0 N–H and O–H groups in total. The van der Waals surface area contributed by atoms with Crippen LogP contribution in [0, 0.1) is 11.8 Å². The Hall–Kier alpha value is -2.56. The Morgan fingerprint density at radius 1 is 1.12 bits per heavy atom. The van der Waals surface area contributed by atoms with Crippen LogP contribution in [-0.2, 0) is 17.6 Å². The van der Waals surface area contributed by atoms with Gasteiger partial charge in [0.2, 0.25) is 5.91 Å². The highest BCUT2D eigenvalue weighted by Gasteiger charge is 2.35. The van der Waals surface area contributed by atoms with Crippen LogP contribution < -0.4 is 14.5 Å². The smallest absolute Gasteiger partial charge is 0.229 e. The molecule has 2 aliphatic carbocycles. The van der Waals surface area contributed by atoms with Gasteiger partial charge in [-0.1, -0.05) is 31.4 Å². The highest BCUT2D eigenvalue weighted by molar-refractivity contribution is 5.96. The van der Waals surface area contributed by atoms with Gasteiger partial charge >= 0.3 is 0 Å². The van der Waals surface area contributed by atoms with E-state index in [0.29, 0.717) is 12.6 Å². The highest BCUT2D eigenvalue weighted by Crippen LogP contribution is 2.38. The third-order valence-corrected chi connectivity index (χ3v) is 7.63. The zero-order chi connectivity index (χ0) is 22.8. The maximum Gasteiger partial charge on any atom is 0.229 e. The lowest BCUT2D eigenvalue weighted by Gasteiger charge is -2.32. The number of hydrogen-bond donors (Lipinski definition) is 0. The van der Waals surface area contributed by atoms with Gasteiger partial charge in [0.15, 0.2) is 0 Å². The molecule has 1 unspecified atom stereocenters. The molecular weight excluding hydrogens is 410 g/mol. The normalized spacial score (nSPS) is 20.5. The Labute approximate surface area is 198 Å². The molecule has 2 aromatic rings. The Kier molecular flexibility index (Phi) is 6.57. The molecule has 5 nitrogen and oxygen atoms in total. The van der Waals surface area contributed by atoms with E-state index in [2.05, 4.69) is 35.2 Å². The van der Waals surface area contributed by atoms with E-state index in [1.807, 2.05) is 25.1 Å². The summed E-state index contributed by atoms with van der Waals surface area (Å²) in [6, 6.07) is 11.2. The van der Waals surface area contributed by atoms with Crippen molar-refractivity contribution in [1.82, 2.24) is 4.98 Å². The molecule has 0 saturated heterocycles. The van der Waals surface area contributed by atoms with E-state index >= 15 is 0 Å². The first-order valence-corrected chi connectivity index (χ1v) is 12.9. The van der Waals surface area contributed by atoms with Gasteiger partial charge in [-0.2, -0.15) is 0 Å². The molecule has 0 spiro atoms. The van der Waals surface area contributed by atoms with Crippen LogP contribution in [0.4, 0.5) is 11.5 Å². The number of fused-ring (bicyclic) bond motifs is 1. The summed E-state index contributed by atoms with van der Waals surface area (Å²) >= 11 is 0. The standard InChI is InChI=1S/C28H37N3O2/c1-3-33-26-13-9-20(10-14-26)15-24-16-23-17-25(30(2)28(32)22-11-12-22)18-29-27(23)31(24)19-21-7-5-4-6-8-21/h9-10,13-14,17-18,21-22,24H,3-8,11-12,15-16,19H2,1-2H3. The molecule has 5 heteroatoms. The van der Waals surface area contributed by atoms with Crippen molar-refractivity contribution >= 4 is 17.4 Å². The minimum Gasteiger partial charge on any atom is -0.494 e. The molecule has 1 aliphatic heterocycles. The van der Waals surface area contributed by atoms with E-state index in [1.54, 1.807) is 0 Å². The van der Waals surface area contributed by atoms with Crippen LogP contribution in [-0.4, -0.2) is 37.1 Å². The maximum absolute atomic E-state index is 12.6. The topological polar surface area (TPSA) is 45.7 Å². The number of ether oxygens (including phenoxy) is 1. The number of rotatable bonds is 8. The van der Waals surface area contributed by atoms with Crippen molar-refractivity contribution in [3.05, 3.63) is 47.7 Å². The van der Waals surface area contributed by atoms with Gasteiger partial charge in [0.05, 0.1) is 18.5 Å². The maximum atomic E-state index is 12.6. The fraction of sp³-hybridized carbons (Fsp3) is 0.571. The van der Waals surface area contributed by atoms with Crippen LogP contribution >= 0.6 is 0 Å².